The first-order chi connectivity index (χ1) is 9.70. The van der Waals surface area contributed by atoms with Gasteiger partial charge in [-0.25, -0.2) is 8.42 Å². The van der Waals surface area contributed by atoms with Crippen LogP contribution in [0.2, 0.25) is 0 Å². The Morgan fingerprint density at radius 1 is 1.14 bits per heavy atom. The molecule has 0 saturated heterocycles. The Labute approximate surface area is 118 Å². The SMILES string of the molecule is O=S(=O)(Cc1ncccc1O)c1cccc(C(F)(F)F)c1. The summed E-state index contributed by atoms with van der Waals surface area (Å²) in [6, 6.07) is 6.12. The van der Waals surface area contributed by atoms with E-state index in [-0.39, 0.29) is 11.4 Å². The molecule has 0 atom stereocenters. The van der Waals surface area contributed by atoms with E-state index in [1.54, 1.807) is 0 Å². The van der Waals surface area contributed by atoms with Gasteiger partial charge in [0.15, 0.2) is 9.84 Å². The summed E-state index contributed by atoms with van der Waals surface area (Å²) in [6.07, 6.45) is -3.34. The number of benzene rings is 1. The fourth-order valence-corrected chi connectivity index (χ4v) is 3.01. The van der Waals surface area contributed by atoms with Crippen molar-refractivity contribution in [3.05, 3.63) is 53.9 Å². The number of hydrogen-bond donors (Lipinski definition) is 1. The molecule has 0 amide bonds. The van der Waals surface area contributed by atoms with E-state index in [1.807, 2.05) is 0 Å². The van der Waals surface area contributed by atoms with Crippen molar-refractivity contribution in [1.29, 1.82) is 0 Å². The third-order valence-corrected chi connectivity index (χ3v) is 4.34. The molecule has 0 spiro atoms. The van der Waals surface area contributed by atoms with Gasteiger partial charge in [-0.15, -0.1) is 0 Å². The standard InChI is InChI=1S/C13H10F3NO3S/c14-13(15,16)9-3-1-4-10(7-9)21(19,20)8-11-12(18)5-2-6-17-11/h1-7,18H,8H2. The molecule has 0 aliphatic heterocycles. The first kappa shape index (κ1) is 15.3. The zero-order valence-electron chi connectivity index (χ0n) is 10.5. The Morgan fingerprint density at radius 3 is 2.48 bits per heavy atom. The van der Waals surface area contributed by atoms with Crippen molar-refractivity contribution in [3.8, 4) is 5.75 Å². The first-order valence-electron chi connectivity index (χ1n) is 5.73. The van der Waals surface area contributed by atoms with E-state index in [9.17, 15) is 26.7 Å². The maximum atomic E-state index is 12.6. The Morgan fingerprint density at radius 2 is 1.86 bits per heavy atom. The van der Waals surface area contributed by atoms with E-state index in [4.69, 9.17) is 0 Å². The topological polar surface area (TPSA) is 67.3 Å². The van der Waals surface area contributed by atoms with Crippen LogP contribution in [0.15, 0.2) is 47.5 Å². The number of pyridine rings is 1. The van der Waals surface area contributed by atoms with Crippen LogP contribution < -0.4 is 0 Å². The van der Waals surface area contributed by atoms with Crippen molar-refractivity contribution in [2.45, 2.75) is 16.8 Å². The molecule has 1 aromatic heterocycles. The molecule has 21 heavy (non-hydrogen) atoms. The minimum absolute atomic E-state index is 0.116. The number of sulfone groups is 1. The summed E-state index contributed by atoms with van der Waals surface area (Å²) in [5.74, 6) is -1.01. The van der Waals surface area contributed by atoms with Crippen LogP contribution in [0.5, 0.6) is 5.75 Å². The van der Waals surface area contributed by atoms with Gasteiger partial charge in [0, 0.05) is 6.20 Å². The average Bonchev–Trinajstić information content (AvgIpc) is 2.40. The lowest BCUT2D eigenvalue weighted by Gasteiger charge is -2.09. The van der Waals surface area contributed by atoms with Crippen molar-refractivity contribution in [3.63, 3.8) is 0 Å². The normalized spacial score (nSPS) is 12.3. The second-order valence-electron chi connectivity index (χ2n) is 4.25. The van der Waals surface area contributed by atoms with E-state index in [1.165, 1.54) is 18.3 Å². The molecule has 1 aromatic carbocycles. The molecule has 2 rings (SSSR count). The summed E-state index contributed by atoms with van der Waals surface area (Å²) in [6.45, 7) is 0. The van der Waals surface area contributed by atoms with Gasteiger partial charge in [-0.05, 0) is 30.3 Å². The molecule has 0 aliphatic rings. The molecule has 8 heteroatoms. The van der Waals surface area contributed by atoms with E-state index < -0.39 is 32.2 Å². The van der Waals surface area contributed by atoms with Gasteiger partial charge in [-0.1, -0.05) is 6.07 Å². The Hall–Kier alpha value is -2.09. The van der Waals surface area contributed by atoms with Gasteiger partial charge in [0.2, 0.25) is 0 Å². The maximum Gasteiger partial charge on any atom is 0.416 e. The number of rotatable bonds is 3. The second-order valence-corrected chi connectivity index (χ2v) is 6.24. The van der Waals surface area contributed by atoms with Crippen molar-refractivity contribution >= 4 is 9.84 Å². The fourth-order valence-electron chi connectivity index (χ4n) is 1.67. The maximum absolute atomic E-state index is 12.6. The van der Waals surface area contributed by atoms with Crippen molar-refractivity contribution in [2.75, 3.05) is 0 Å². The van der Waals surface area contributed by atoms with Crippen LogP contribution in [0.3, 0.4) is 0 Å². The third kappa shape index (κ3) is 3.52. The second kappa shape index (κ2) is 5.36. The molecule has 2 aromatic rings. The molecule has 0 unspecified atom stereocenters. The lowest BCUT2D eigenvalue weighted by Crippen LogP contribution is -2.10. The van der Waals surface area contributed by atoms with Gasteiger partial charge >= 0.3 is 6.18 Å². The zero-order chi connectivity index (χ0) is 15.7. The van der Waals surface area contributed by atoms with Gasteiger partial charge in [-0.2, -0.15) is 13.2 Å². The smallest absolute Gasteiger partial charge is 0.416 e. The van der Waals surface area contributed by atoms with E-state index in [2.05, 4.69) is 4.98 Å². The number of aromatic nitrogens is 1. The van der Waals surface area contributed by atoms with Crippen molar-refractivity contribution < 1.29 is 26.7 Å². The molecule has 4 nitrogen and oxygen atoms in total. The minimum atomic E-state index is -4.63. The van der Waals surface area contributed by atoms with Crippen LogP contribution in [0.4, 0.5) is 13.2 Å². The number of aromatic hydroxyl groups is 1. The van der Waals surface area contributed by atoms with Crippen LogP contribution >= 0.6 is 0 Å². The molecular formula is C13H10F3NO3S. The number of halogens is 3. The zero-order valence-corrected chi connectivity index (χ0v) is 11.3. The minimum Gasteiger partial charge on any atom is -0.506 e. The van der Waals surface area contributed by atoms with Gasteiger partial charge in [0.05, 0.1) is 16.2 Å². The summed E-state index contributed by atoms with van der Waals surface area (Å²) in [7, 11) is -4.04. The molecule has 0 saturated carbocycles. The fraction of sp³-hybridized carbons (Fsp3) is 0.154. The Bertz CT molecular complexity index is 757. The molecule has 0 fully saturated rings. The Kier molecular flexibility index (Phi) is 3.91. The average molecular weight is 317 g/mol. The van der Waals surface area contributed by atoms with E-state index in [0.29, 0.717) is 6.07 Å². The van der Waals surface area contributed by atoms with Crippen LogP contribution in [0, 0.1) is 0 Å². The highest BCUT2D eigenvalue weighted by atomic mass is 32.2. The molecular weight excluding hydrogens is 307 g/mol. The van der Waals surface area contributed by atoms with Crippen molar-refractivity contribution in [2.24, 2.45) is 0 Å². The number of nitrogens with zero attached hydrogens (tertiary/aromatic N) is 1. The largest absolute Gasteiger partial charge is 0.506 e. The summed E-state index contributed by atoms with van der Waals surface area (Å²) >= 11 is 0. The van der Waals surface area contributed by atoms with Crippen LogP contribution in [0.25, 0.3) is 0 Å². The van der Waals surface area contributed by atoms with Gasteiger partial charge in [-0.3, -0.25) is 4.98 Å². The highest BCUT2D eigenvalue weighted by Gasteiger charge is 2.31. The Balaban J connectivity index is 2.39. The molecule has 1 N–H and O–H groups in total. The van der Waals surface area contributed by atoms with Gasteiger partial charge < -0.3 is 5.11 Å². The van der Waals surface area contributed by atoms with Crippen LogP contribution in [-0.2, 0) is 21.8 Å². The van der Waals surface area contributed by atoms with Crippen molar-refractivity contribution in [1.82, 2.24) is 4.98 Å². The summed E-state index contributed by atoms with van der Waals surface area (Å²) in [5.41, 5.74) is -1.16. The highest BCUT2D eigenvalue weighted by Crippen LogP contribution is 2.31. The lowest BCUT2D eigenvalue weighted by molar-refractivity contribution is -0.137. The summed E-state index contributed by atoms with van der Waals surface area (Å²) < 4.78 is 62.0. The van der Waals surface area contributed by atoms with E-state index >= 15 is 0 Å². The molecule has 112 valence electrons. The lowest BCUT2D eigenvalue weighted by atomic mass is 10.2. The third-order valence-electron chi connectivity index (χ3n) is 2.71. The quantitative estimate of drug-likeness (QED) is 0.945. The van der Waals surface area contributed by atoms with Gasteiger partial charge in [0.25, 0.3) is 0 Å². The molecule has 0 bridgehead atoms. The summed E-state index contributed by atoms with van der Waals surface area (Å²) in [5, 5.41) is 9.50. The van der Waals surface area contributed by atoms with E-state index in [0.717, 1.165) is 18.2 Å². The first-order valence-corrected chi connectivity index (χ1v) is 7.38. The monoisotopic (exact) mass is 317 g/mol. The van der Waals surface area contributed by atoms with Crippen LogP contribution in [0.1, 0.15) is 11.3 Å². The predicted octanol–water partition coefficient (Wildman–Crippen LogP) is 2.78. The molecule has 0 aliphatic carbocycles. The predicted molar refractivity (Wildman–Crippen MR) is 68.2 cm³/mol. The number of hydrogen-bond acceptors (Lipinski definition) is 4. The molecule has 1 heterocycles. The van der Waals surface area contributed by atoms with Gasteiger partial charge in [0.1, 0.15) is 11.5 Å². The molecule has 0 radical (unpaired) electrons. The van der Waals surface area contributed by atoms with Crippen LogP contribution in [-0.4, -0.2) is 18.5 Å². The summed E-state index contributed by atoms with van der Waals surface area (Å²) in [4.78, 5) is 3.24. The highest BCUT2D eigenvalue weighted by molar-refractivity contribution is 7.90. The number of alkyl halides is 3.